The van der Waals surface area contributed by atoms with Crippen molar-refractivity contribution in [3.8, 4) is 0 Å². The Hall–Kier alpha value is -0.820. The molecule has 0 spiro atoms. The van der Waals surface area contributed by atoms with Gasteiger partial charge in [0.2, 0.25) is 0 Å². The topological polar surface area (TPSA) is 9.23 Å². The van der Waals surface area contributed by atoms with Crippen LogP contribution in [0.1, 0.15) is 37.5 Å². The fourth-order valence-corrected chi connectivity index (χ4v) is 1.84. The van der Waals surface area contributed by atoms with Crippen LogP contribution in [0.4, 0.5) is 0 Å². The maximum Gasteiger partial charge on any atom is 0.0877 e. The van der Waals surface area contributed by atoms with Crippen LogP contribution < -0.4 is 0 Å². The van der Waals surface area contributed by atoms with Gasteiger partial charge in [-0.2, -0.15) is 0 Å². The van der Waals surface area contributed by atoms with Gasteiger partial charge in [0.15, 0.2) is 0 Å². The maximum atomic E-state index is 5.75. The first-order chi connectivity index (χ1) is 6.49. The summed E-state index contributed by atoms with van der Waals surface area (Å²) >= 11 is 0. The minimum Gasteiger partial charge on any atom is -0.371 e. The number of benzene rings is 1. The molecule has 1 heteroatoms. The second-order valence-electron chi connectivity index (χ2n) is 4.19. The summed E-state index contributed by atoms with van der Waals surface area (Å²) in [5.74, 6) is 0. The van der Waals surface area contributed by atoms with Crippen LogP contribution in [0.3, 0.4) is 0 Å². The van der Waals surface area contributed by atoms with E-state index in [4.69, 9.17) is 4.74 Å². The fraction of sp³-hybridized carbons (Fsp3) is 0.538. The molecule has 0 amide bonds. The molecule has 78 valence electrons. The van der Waals surface area contributed by atoms with E-state index in [1.807, 2.05) is 6.92 Å². The van der Waals surface area contributed by atoms with Gasteiger partial charge in [-0.3, -0.25) is 0 Å². The summed E-state index contributed by atoms with van der Waals surface area (Å²) in [5.41, 5.74) is 3.78. The predicted molar refractivity (Wildman–Crippen MR) is 60.6 cm³/mol. The number of hydrogen-bond donors (Lipinski definition) is 0. The van der Waals surface area contributed by atoms with Gasteiger partial charge < -0.3 is 4.74 Å². The summed E-state index contributed by atoms with van der Waals surface area (Å²) in [4.78, 5) is 0. The lowest BCUT2D eigenvalue weighted by molar-refractivity contribution is -0.0145. The van der Waals surface area contributed by atoms with E-state index in [0.29, 0.717) is 0 Å². The Morgan fingerprint density at radius 1 is 1.21 bits per heavy atom. The Balaban J connectivity index is 3.12. The van der Waals surface area contributed by atoms with Crippen LogP contribution in [-0.2, 0) is 10.3 Å². The Morgan fingerprint density at radius 2 is 1.86 bits per heavy atom. The third-order valence-electron chi connectivity index (χ3n) is 2.76. The van der Waals surface area contributed by atoms with Gasteiger partial charge in [0.1, 0.15) is 0 Å². The van der Waals surface area contributed by atoms with Gasteiger partial charge in [-0.1, -0.05) is 18.2 Å². The molecule has 0 atom stereocenters. The van der Waals surface area contributed by atoms with Gasteiger partial charge in [-0.05, 0) is 51.3 Å². The molecule has 1 rings (SSSR count). The van der Waals surface area contributed by atoms with E-state index in [1.165, 1.54) is 16.7 Å². The van der Waals surface area contributed by atoms with E-state index in [-0.39, 0.29) is 5.60 Å². The smallest absolute Gasteiger partial charge is 0.0877 e. The lowest BCUT2D eigenvalue weighted by atomic mass is 9.91. The lowest BCUT2D eigenvalue weighted by Gasteiger charge is -2.27. The highest BCUT2D eigenvalue weighted by Gasteiger charge is 2.22. The van der Waals surface area contributed by atoms with Crippen LogP contribution in [0.5, 0.6) is 0 Å². The quantitative estimate of drug-likeness (QED) is 0.711. The second-order valence-corrected chi connectivity index (χ2v) is 4.19. The highest BCUT2D eigenvalue weighted by molar-refractivity contribution is 5.36. The van der Waals surface area contributed by atoms with Crippen LogP contribution in [0, 0.1) is 13.8 Å². The lowest BCUT2D eigenvalue weighted by Crippen LogP contribution is -2.23. The van der Waals surface area contributed by atoms with Crippen LogP contribution in [0.2, 0.25) is 0 Å². The molecule has 0 saturated heterocycles. The molecule has 0 bridgehead atoms. The molecule has 1 nitrogen and oxygen atoms in total. The molecule has 0 saturated carbocycles. The summed E-state index contributed by atoms with van der Waals surface area (Å²) in [6, 6.07) is 6.39. The zero-order valence-corrected chi connectivity index (χ0v) is 9.85. The van der Waals surface area contributed by atoms with E-state index in [1.54, 1.807) is 0 Å². The highest BCUT2D eigenvalue weighted by atomic mass is 16.5. The van der Waals surface area contributed by atoms with E-state index >= 15 is 0 Å². The van der Waals surface area contributed by atoms with Gasteiger partial charge in [0, 0.05) is 6.61 Å². The monoisotopic (exact) mass is 192 g/mol. The third-order valence-corrected chi connectivity index (χ3v) is 2.76. The second kappa shape index (κ2) is 4.14. The van der Waals surface area contributed by atoms with Crippen molar-refractivity contribution in [1.82, 2.24) is 0 Å². The molecule has 1 aromatic rings. The predicted octanol–water partition coefficient (Wildman–Crippen LogP) is 3.58. The SMILES string of the molecule is CCOC(C)(C)c1cccc(C)c1C. The highest BCUT2D eigenvalue weighted by Crippen LogP contribution is 2.28. The van der Waals surface area contributed by atoms with Crippen molar-refractivity contribution in [2.75, 3.05) is 6.61 Å². The Kier molecular flexibility index (Phi) is 3.33. The third kappa shape index (κ3) is 2.16. The zero-order valence-electron chi connectivity index (χ0n) is 9.85. The molecule has 0 heterocycles. The average Bonchev–Trinajstić information content (AvgIpc) is 2.09. The van der Waals surface area contributed by atoms with Gasteiger partial charge in [0.25, 0.3) is 0 Å². The van der Waals surface area contributed by atoms with Crippen molar-refractivity contribution in [2.45, 2.75) is 40.2 Å². The van der Waals surface area contributed by atoms with Crippen LogP contribution in [0.25, 0.3) is 0 Å². The van der Waals surface area contributed by atoms with Crippen molar-refractivity contribution in [1.29, 1.82) is 0 Å². The Bertz CT molecular complexity index is 313. The molecule has 0 aliphatic rings. The maximum absolute atomic E-state index is 5.75. The molecule has 0 aliphatic heterocycles. The van der Waals surface area contributed by atoms with Gasteiger partial charge >= 0.3 is 0 Å². The largest absolute Gasteiger partial charge is 0.371 e. The first kappa shape index (κ1) is 11.3. The Morgan fingerprint density at radius 3 is 2.43 bits per heavy atom. The molecular weight excluding hydrogens is 172 g/mol. The molecule has 0 aromatic heterocycles. The van der Waals surface area contributed by atoms with Gasteiger partial charge in [-0.25, -0.2) is 0 Å². The zero-order chi connectivity index (χ0) is 10.8. The average molecular weight is 192 g/mol. The minimum atomic E-state index is -0.176. The molecule has 0 aliphatic carbocycles. The van der Waals surface area contributed by atoms with Crippen LogP contribution in [-0.4, -0.2) is 6.61 Å². The van der Waals surface area contributed by atoms with Crippen molar-refractivity contribution in [2.24, 2.45) is 0 Å². The number of aryl methyl sites for hydroxylation is 1. The number of ether oxygens (including phenoxy) is 1. The normalized spacial score (nSPS) is 11.8. The number of hydrogen-bond acceptors (Lipinski definition) is 1. The van der Waals surface area contributed by atoms with Crippen LogP contribution >= 0.6 is 0 Å². The summed E-state index contributed by atoms with van der Waals surface area (Å²) in [6.45, 7) is 11.3. The van der Waals surface area contributed by atoms with E-state index in [0.717, 1.165) is 6.61 Å². The summed E-state index contributed by atoms with van der Waals surface area (Å²) in [5, 5.41) is 0. The first-order valence-electron chi connectivity index (χ1n) is 5.19. The summed E-state index contributed by atoms with van der Waals surface area (Å²) in [6.07, 6.45) is 0. The molecule has 1 aromatic carbocycles. The van der Waals surface area contributed by atoms with Crippen molar-refractivity contribution < 1.29 is 4.74 Å². The standard InChI is InChI=1S/C13H20O/c1-6-14-13(4,5)12-9-7-8-10(2)11(12)3/h7-9H,6H2,1-5H3. The molecule has 0 N–H and O–H groups in total. The van der Waals surface area contributed by atoms with E-state index in [2.05, 4.69) is 45.9 Å². The number of rotatable bonds is 3. The van der Waals surface area contributed by atoms with E-state index < -0.39 is 0 Å². The summed E-state index contributed by atoms with van der Waals surface area (Å²) < 4.78 is 5.75. The fourth-order valence-electron chi connectivity index (χ4n) is 1.84. The van der Waals surface area contributed by atoms with E-state index in [9.17, 15) is 0 Å². The molecule has 0 unspecified atom stereocenters. The van der Waals surface area contributed by atoms with Crippen molar-refractivity contribution in [3.05, 3.63) is 34.9 Å². The van der Waals surface area contributed by atoms with Gasteiger partial charge in [-0.15, -0.1) is 0 Å². The van der Waals surface area contributed by atoms with Crippen LogP contribution in [0.15, 0.2) is 18.2 Å². The van der Waals surface area contributed by atoms with Crippen molar-refractivity contribution >= 4 is 0 Å². The molecule has 0 fully saturated rings. The first-order valence-corrected chi connectivity index (χ1v) is 5.19. The summed E-state index contributed by atoms with van der Waals surface area (Å²) in [7, 11) is 0. The van der Waals surface area contributed by atoms with Gasteiger partial charge in [0.05, 0.1) is 5.60 Å². The minimum absolute atomic E-state index is 0.176. The molecular formula is C13H20O. The molecule has 0 radical (unpaired) electrons. The Labute approximate surface area is 87.1 Å². The van der Waals surface area contributed by atoms with Crippen molar-refractivity contribution in [3.63, 3.8) is 0 Å². The molecule has 14 heavy (non-hydrogen) atoms.